The molecule has 1 aromatic rings. The Morgan fingerprint density at radius 1 is 1.39 bits per heavy atom. The number of hydrogen-bond acceptors (Lipinski definition) is 5. The molecule has 0 radical (unpaired) electrons. The molecule has 18 heavy (non-hydrogen) atoms. The maximum absolute atomic E-state index is 5.70. The van der Waals surface area contributed by atoms with Gasteiger partial charge in [-0.25, -0.2) is 0 Å². The molecule has 2 atom stereocenters. The van der Waals surface area contributed by atoms with Gasteiger partial charge in [0, 0.05) is 19.2 Å². The number of rotatable bonds is 3. The van der Waals surface area contributed by atoms with Crippen molar-refractivity contribution >= 4 is 11.8 Å². The Bertz CT molecular complexity index is 410. The fraction of sp³-hybridized carbons (Fsp3) is 0.692. The minimum Gasteiger partial charge on any atom is -0.481 e. The van der Waals surface area contributed by atoms with Gasteiger partial charge in [0.2, 0.25) is 11.8 Å². The second-order valence-corrected chi connectivity index (χ2v) is 5.16. The molecule has 1 fully saturated rings. The number of methoxy groups -OCH3 is 1. The van der Waals surface area contributed by atoms with Crippen LogP contribution in [0.1, 0.15) is 32.6 Å². The van der Waals surface area contributed by atoms with Crippen molar-refractivity contribution in [1.29, 1.82) is 0 Å². The van der Waals surface area contributed by atoms with Crippen molar-refractivity contribution in [2.24, 2.45) is 5.92 Å². The third-order valence-corrected chi connectivity index (χ3v) is 3.73. The van der Waals surface area contributed by atoms with Crippen molar-refractivity contribution in [3.63, 3.8) is 0 Å². The van der Waals surface area contributed by atoms with Gasteiger partial charge in [0.15, 0.2) is 0 Å². The van der Waals surface area contributed by atoms with Crippen molar-refractivity contribution < 1.29 is 4.74 Å². The highest BCUT2D eigenvalue weighted by Crippen LogP contribution is 2.29. The standard InChI is InChI=1S/C13H22N4O/c1-9-5-4-6-10(7-9)17(2)11-8-12(18-3)16-13(14)15-11/h8-10H,4-7H2,1-3H3,(H2,14,15,16). The number of nitrogen functional groups attached to an aromatic ring is 1. The van der Waals surface area contributed by atoms with Gasteiger partial charge in [0.05, 0.1) is 7.11 Å². The molecule has 0 saturated heterocycles. The summed E-state index contributed by atoms with van der Waals surface area (Å²) in [6.45, 7) is 2.31. The predicted octanol–water partition coefficient (Wildman–Crippen LogP) is 2.08. The van der Waals surface area contributed by atoms with Crippen molar-refractivity contribution in [1.82, 2.24) is 9.97 Å². The Morgan fingerprint density at radius 3 is 2.83 bits per heavy atom. The molecule has 2 rings (SSSR count). The molecule has 0 spiro atoms. The van der Waals surface area contributed by atoms with Crippen LogP contribution in [0.5, 0.6) is 5.88 Å². The SMILES string of the molecule is COc1cc(N(C)C2CCCC(C)C2)nc(N)n1. The summed E-state index contributed by atoms with van der Waals surface area (Å²) in [5, 5.41) is 0. The molecule has 1 aliphatic rings. The van der Waals surface area contributed by atoms with Gasteiger partial charge in [-0.15, -0.1) is 0 Å². The molecule has 1 aliphatic carbocycles. The van der Waals surface area contributed by atoms with Crippen molar-refractivity contribution in [3.05, 3.63) is 6.07 Å². The number of ether oxygens (including phenoxy) is 1. The Morgan fingerprint density at radius 2 is 2.17 bits per heavy atom. The minimum absolute atomic E-state index is 0.264. The van der Waals surface area contributed by atoms with E-state index in [1.807, 2.05) is 6.07 Å². The number of aromatic nitrogens is 2. The molecule has 1 saturated carbocycles. The highest BCUT2D eigenvalue weighted by atomic mass is 16.5. The van der Waals surface area contributed by atoms with E-state index < -0.39 is 0 Å². The van der Waals surface area contributed by atoms with E-state index in [1.54, 1.807) is 7.11 Å². The molecule has 5 heteroatoms. The molecule has 5 nitrogen and oxygen atoms in total. The maximum atomic E-state index is 5.70. The fourth-order valence-electron chi connectivity index (χ4n) is 2.66. The van der Waals surface area contributed by atoms with E-state index in [2.05, 4.69) is 28.8 Å². The molecule has 100 valence electrons. The minimum atomic E-state index is 0.264. The summed E-state index contributed by atoms with van der Waals surface area (Å²) in [4.78, 5) is 10.5. The van der Waals surface area contributed by atoms with Crippen LogP contribution >= 0.6 is 0 Å². The van der Waals surface area contributed by atoms with Gasteiger partial charge in [-0.1, -0.05) is 19.8 Å². The predicted molar refractivity (Wildman–Crippen MR) is 72.8 cm³/mol. The topological polar surface area (TPSA) is 64.3 Å². The molecular formula is C13H22N4O. The molecule has 1 aromatic heterocycles. The van der Waals surface area contributed by atoms with Gasteiger partial charge in [0.25, 0.3) is 0 Å². The highest BCUT2D eigenvalue weighted by molar-refractivity contribution is 5.45. The largest absolute Gasteiger partial charge is 0.481 e. The summed E-state index contributed by atoms with van der Waals surface area (Å²) in [7, 11) is 3.66. The number of nitrogens with two attached hydrogens (primary N) is 1. The van der Waals surface area contributed by atoms with Crippen LogP contribution in [0.3, 0.4) is 0 Å². The lowest BCUT2D eigenvalue weighted by atomic mass is 9.86. The van der Waals surface area contributed by atoms with Crippen molar-refractivity contribution in [2.45, 2.75) is 38.6 Å². The van der Waals surface area contributed by atoms with Gasteiger partial charge < -0.3 is 15.4 Å². The zero-order valence-electron chi connectivity index (χ0n) is 11.4. The summed E-state index contributed by atoms with van der Waals surface area (Å²) >= 11 is 0. The Balaban J connectivity index is 2.16. The fourth-order valence-corrected chi connectivity index (χ4v) is 2.66. The zero-order valence-corrected chi connectivity index (χ0v) is 11.4. The first kappa shape index (κ1) is 12.9. The van der Waals surface area contributed by atoms with Crippen molar-refractivity contribution in [2.75, 3.05) is 24.8 Å². The molecular weight excluding hydrogens is 228 g/mol. The quantitative estimate of drug-likeness (QED) is 0.889. The third-order valence-electron chi connectivity index (χ3n) is 3.73. The van der Waals surface area contributed by atoms with E-state index in [0.717, 1.165) is 11.7 Å². The van der Waals surface area contributed by atoms with Crippen LogP contribution in [0.15, 0.2) is 6.07 Å². The first-order valence-electron chi connectivity index (χ1n) is 6.51. The first-order valence-corrected chi connectivity index (χ1v) is 6.51. The van der Waals surface area contributed by atoms with Crippen LogP contribution in [0.4, 0.5) is 11.8 Å². The number of anilines is 2. The van der Waals surface area contributed by atoms with Crippen LogP contribution in [-0.2, 0) is 0 Å². The van der Waals surface area contributed by atoms with Crippen LogP contribution in [0.25, 0.3) is 0 Å². The summed E-state index contributed by atoms with van der Waals surface area (Å²) in [5.74, 6) is 2.42. The zero-order chi connectivity index (χ0) is 13.1. The van der Waals surface area contributed by atoms with Gasteiger partial charge in [-0.05, 0) is 18.8 Å². The highest BCUT2D eigenvalue weighted by Gasteiger charge is 2.23. The molecule has 0 bridgehead atoms. The third kappa shape index (κ3) is 2.83. The average molecular weight is 250 g/mol. The van der Waals surface area contributed by atoms with Gasteiger partial charge in [0.1, 0.15) is 5.82 Å². The van der Waals surface area contributed by atoms with E-state index in [4.69, 9.17) is 10.5 Å². The number of hydrogen-bond donors (Lipinski definition) is 1. The summed E-state index contributed by atoms with van der Waals surface area (Å²) < 4.78 is 5.14. The van der Waals surface area contributed by atoms with E-state index in [1.165, 1.54) is 25.7 Å². The van der Waals surface area contributed by atoms with Gasteiger partial charge >= 0.3 is 0 Å². The van der Waals surface area contributed by atoms with Crippen LogP contribution < -0.4 is 15.4 Å². The smallest absolute Gasteiger partial charge is 0.225 e. The maximum Gasteiger partial charge on any atom is 0.225 e. The Labute approximate surface area is 108 Å². The second-order valence-electron chi connectivity index (χ2n) is 5.16. The molecule has 1 heterocycles. The molecule has 2 N–H and O–H groups in total. The van der Waals surface area contributed by atoms with Crippen LogP contribution in [0.2, 0.25) is 0 Å². The summed E-state index contributed by atoms with van der Waals surface area (Å²) in [6.07, 6.45) is 5.04. The van der Waals surface area contributed by atoms with Crippen molar-refractivity contribution in [3.8, 4) is 5.88 Å². The number of nitrogens with zero attached hydrogens (tertiary/aromatic N) is 3. The lowest BCUT2D eigenvalue weighted by Gasteiger charge is -2.34. The normalized spacial score (nSPS) is 23.7. The second kappa shape index (κ2) is 5.42. The van der Waals surface area contributed by atoms with E-state index in [9.17, 15) is 0 Å². The summed E-state index contributed by atoms with van der Waals surface area (Å²) in [6, 6.07) is 2.38. The molecule has 0 aromatic carbocycles. The average Bonchev–Trinajstić information content (AvgIpc) is 2.37. The van der Waals surface area contributed by atoms with E-state index in [-0.39, 0.29) is 5.95 Å². The van der Waals surface area contributed by atoms with Crippen LogP contribution in [0, 0.1) is 5.92 Å². The monoisotopic (exact) mass is 250 g/mol. The lowest BCUT2D eigenvalue weighted by Crippen LogP contribution is -2.36. The summed E-state index contributed by atoms with van der Waals surface area (Å²) in [5.41, 5.74) is 5.70. The lowest BCUT2D eigenvalue weighted by molar-refractivity contribution is 0.335. The van der Waals surface area contributed by atoms with E-state index in [0.29, 0.717) is 11.9 Å². The van der Waals surface area contributed by atoms with Gasteiger partial charge in [-0.2, -0.15) is 9.97 Å². The molecule has 2 unspecified atom stereocenters. The molecule has 0 amide bonds. The van der Waals surface area contributed by atoms with E-state index >= 15 is 0 Å². The Hall–Kier alpha value is -1.52. The molecule has 0 aliphatic heterocycles. The van der Waals surface area contributed by atoms with Crippen LogP contribution in [-0.4, -0.2) is 30.2 Å². The first-order chi connectivity index (χ1) is 8.60. The van der Waals surface area contributed by atoms with Gasteiger partial charge in [-0.3, -0.25) is 0 Å². The Kier molecular flexibility index (Phi) is 3.89.